The smallest absolute Gasteiger partial charge is 0.265 e. The summed E-state index contributed by atoms with van der Waals surface area (Å²) in [5.74, 6) is -0.153. The molecule has 10 heteroatoms. The van der Waals surface area contributed by atoms with Crippen LogP contribution in [0.2, 0.25) is 5.02 Å². The molecule has 6 nitrogen and oxygen atoms in total. The van der Waals surface area contributed by atoms with Crippen molar-refractivity contribution >= 4 is 67.8 Å². The van der Waals surface area contributed by atoms with Gasteiger partial charge in [-0.2, -0.15) is 5.10 Å². The summed E-state index contributed by atoms with van der Waals surface area (Å²) >= 11 is 10.7. The number of nitrogens with one attached hydrogen (secondary N) is 1. The van der Waals surface area contributed by atoms with E-state index in [0.29, 0.717) is 16.4 Å². The van der Waals surface area contributed by atoms with Gasteiger partial charge in [-0.05, 0) is 36.8 Å². The number of rotatable bonds is 6. The third-order valence-corrected chi connectivity index (χ3v) is 8.15. The SMILES string of the molecule is Cc1nn(Cc2ccccc2Cl)c2sc(C(=O)Nc3ccccc3Sc3nncs3)cc12. The van der Waals surface area contributed by atoms with E-state index in [1.807, 2.05) is 66.2 Å². The van der Waals surface area contributed by atoms with Crippen molar-refractivity contribution in [3.05, 3.63) is 81.3 Å². The van der Waals surface area contributed by atoms with E-state index in [1.54, 1.807) is 5.51 Å². The van der Waals surface area contributed by atoms with Gasteiger partial charge in [0.2, 0.25) is 0 Å². The summed E-state index contributed by atoms with van der Waals surface area (Å²) in [4.78, 5) is 15.6. The zero-order valence-electron chi connectivity index (χ0n) is 16.8. The molecule has 2 aromatic carbocycles. The number of fused-ring (bicyclic) bond motifs is 1. The first-order valence-electron chi connectivity index (χ1n) is 9.63. The molecule has 5 aromatic rings. The van der Waals surface area contributed by atoms with Crippen LogP contribution in [0.5, 0.6) is 0 Å². The first-order valence-corrected chi connectivity index (χ1v) is 12.5. The molecule has 0 radical (unpaired) electrons. The maximum atomic E-state index is 13.1. The summed E-state index contributed by atoms with van der Waals surface area (Å²) in [6.07, 6.45) is 0. The minimum Gasteiger partial charge on any atom is -0.320 e. The van der Waals surface area contributed by atoms with Gasteiger partial charge in [-0.3, -0.25) is 9.48 Å². The van der Waals surface area contributed by atoms with Gasteiger partial charge in [0.15, 0.2) is 4.34 Å². The van der Waals surface area contributed by atoms with Crippen molar-refractivity contribution in [3.63, 3.8) is 0 Å². The van der Waals surface area contributed by atoms with Crippen LogP contribution in [0.25, 0.3) is 10.2 Å². The Bertz CT molecular complexity index is 1410. The number of carbonyl (C=O) groups is 1. The van der Waals surface area contributed by atoms with Crippen LogP contribution in [-0.2, 0) is 6.54 Å². The van der Waals surface area contributed by atoms with Crippen molar-refractivity contribution < 1.29 is 4.79 Å². The molecular formula is C22H16ClN5OS3. The second-order valence-electron chi connectivity index (χ2n) is 6.92. The number of carbonyl (C=O) groups excluding carboxylic acids is 1. The lowest BCUT2D eigenvalue weighted by Gasteiger charge is -2.08. The highest BCUT2D eigenvalue weighted by Gasteiger charge is 2.18. The van der Waals surface area contributed by atoms with Gasteiger partial charge in [0.25, 0.3) is 5.91 Å². The Hall–Kier alpha value is -2.72. The van der Waals surface area contributed by atoms with Crippen molar-refractivity contribution in [3.8, 4) is 0 Å². The highest BCUT2D eigenvalue weighted by Crippen LogP contribution is 2.35. The van der Waals surface area contributed by atoms with E-state index in [0.717, 1.165) is 36.4 Å². The average Bonchev–Trinajstić information content (AvgIpc) is 3.51. The van der Waals surface area contributed by atoms with E-state index in [1.165, 1.54) is 34.4 Å². The molecule has 0 saturated carbocycles. The van der Waals surface area contributed by atoms with Crippen LogP contribution < -0.4 is 5.32 Å². The molecule has 0 unspecified atom stereocenters. The number of nitrogens with zero attached hydrogens (tertiary/aromatic N) is 4. The van der Waals surface area contributed by atoms with Gasteiger partial charge in [-0.25, -0.2) is 0 Å². The van der Waals surface area contributed by atoms with Crippen LogP contribution in [0, 0.1) is 6.92 Å². The highest BCUT2D eigenvalue weighted by atomic mass is 35.5. The molecule has 3 aromatic heterocycles. The number of aryl methyl sites for hydroxylation is 1. The Morgan fingerprint density at radius 3 is 2.81 bits per heavy atom. The number of hydrogen-bond donors (Lipinski definition) is 1. The van der Waals surface area contributed by atoms with Crippen molar-refractivity contribution in [2.24, 2.45) is 0 Å². The average molecular weight is 498 g/mol. The minimum absolute atomic E-state index is 0.153. The van der Waals surface area contributed by atoms with Gasteiger partial charge < -0.3 is 5.32 Å². The number of hydrogen-bond acceptors (Lipinski definition) is 7. The van der Waals surface area contributed by atoms with Gasteiger partial charge in [0.1, 0.15) is 10.3 Å². The number of halogens is 1. The molecule has 160 valence electrons. The van der Waals surface area contributed by atoms with Crippen LogP contribution in [0.1, 0.15) is 20.9 Å². The molecule has 0 bridgehead atoms. The summed E-state index contributed by atoms with van der Waals surface area (Å²) in [5, 5.41) is 17.3. The van der Waals surface area contributed by atoms with Gasteiger partial charge in [-0.1, -0.05) is 65.0 Å². The first kappa shape index (κ1) is 21.1. The van der Waals surface area contributed by atoms with E-state index in [-0.39, 0.29) is 5.91 Å². The fourth-order valence-corrected chi connectivity index (χ4v) is 6.04. The van der Waals surface area contributed by atoms with Crippen LogP contribution >= 0.6 is 46.0 Å². The predicted octanol–water partition coefficient (Wildman–Crippen LogP) is 6.36. The Labute approximate surface area is 201 Å². The lowest BCUT2D eigenvalue weighted by molar-refractivity contribution is 0.103. The lowest BCUT2D eigenvalue weighted by atomic mass is 10.2. The second-order valence-corrected chi connectivity index (χ2v) is 10.5. The largest absolute Gasteiger partial charge is 0.320 e. The molecule has 0 aliphatic rings. The molecule has 0 spiro atoms. The van der Waals surface area contributed by atoms with Crippen LogP contribution in [-0.4, -0.2) is 25.9 Å². The summed E-state index contributed by atoms with van der Waals surface area (Å²) in [7, 11) is 0. The zero-order valence-corrected chi connectivity index (χ0v) is 20.0. The molecular weight excluding hydrogens is 482 g/mol. The molecule has 0 aliphatic carbocycles. The molecule has 1 N–H and O–H groups in total. The summed E-state index contributed by atoms with van der Waals surface area (Å²) in [6, 6.07) is 17.3. The maximum absolute atomic E-state index is 13.1. The Morgan fingerprint density at radius 2 is 2.00 bits per heavy atom. The fraction of sp³-hybridized carbons (Fsp3) is 0.0909. The maximum Gasteiger partial charge on any atom is 0.265 e. The van der Waals surface area contributed by atoms with Gasteiger partial charge in [0.05, 0.1) is 22.8 Å². The zero-order chi connectivity index (χ0) is 22.1. The molecule has 0 aliphatic heterocycles. The molecule has 0 atom stereocenters. The van der Waals surface area contributed by atoms with E-state index >= 15 is 0 Å². The predicted molar refractivity (Wildman–Crippen MR) is 131 cm³/mol. The standard InChI is InChI=1S/C22H16ClN5OS3/c1-13-15-10-19(31-21(15)28(27-13)11-14-6-2-3-7-16(14)23)20(29)25-17-8-4-5-9-18(17)32-22-26-24-12-30-22/h2-10,12H,11H2,1H3,(H,25,29). The molecule has 32 heavy (non-hydrogen) atoms. The summed E-state index contributed by atoms with van der Waals surface area (Å²) in [5.41, 5.74) is 4.30. The number of anilines is 1. The van der Waals surface area contributed by atoms with Crippen LogP contribution in [0.4, 0.5) is 5.69 Å². The van der Waals surface area contributed by atoms with Crippen molar-refractivity contribution in [2.75, 3.05) is 5.32 Å². The lowest BCUT2D eigenvalue weighted by Crippen LogP contribution is -2.11. The molecule has 0 fully saturated rings. The van der Waals surface area contributed by atoms with Gasteiger partial charge in [-0.15, -0.1) is 21.5 Å². The van der Waals surface area contributed by atoms with Crippen molar-refractivity contribution in [2.45, 2.75) is 22.7 Å². The normalized spacial score (nSPS) is 11.2. The first-order chi connectivity index (χ1) is 15.6. The van der Waals surface area contributed by atoms with Crippen molar-refractivity contribution in [1.82, 2.24) is 20.0 Å². The Morgan fingerprint density at radius 1 is 1.19 bits per heavy atom. The highest BCUT2D eigenvalue weighted by molar-refractivity contribution is 8.01. The third kappa shape index (κ3) is 4.29. The quantitative estimate of drug-likeness (QED) is 0.295. The summed E-state index contributed by atoms with van der Waals surface area (Å²) < 4.78 is 2.73. The topological polar surface area (TPSA) is 72.7 Å². The molecule has 3 heterocycles. The van der Waals surface area contributed by atoms with E-state index in [9.17, 15) is 4.79 Å². The summed E-state index contributed by atoms with van der Waals surface area (Å²) in [6.45, 7) is 2.50. The van der Waals surface area contributed by atoms with Crippen LogP contribution in [0.15, 0.2) is 69.3 Å². The Kier molecular flexibility index (Phi) is 5.97. The number of thiophene rings is 1. The van der Waals surface area contributed by atoms with E-state index < -0.39 is 0 Å². The number of aromatic nitrogens is 4. The Balaban J connectivity index is 1.41. The minimum atomic E-state index is -0.153. The van der Waals surface area contributed by atoms with Gasteiger partial charge in [0, 0.05) is 15.3 Å². The second kappa shape index (κ2) is 9.03. The fourth-order valence-electron chi connectivity index (χ4n) is 3.26. The number of benzene rings is 2. The number of amides is 1. The number of para-hydroxylation sites is 1. The van der Waals surface area contributed by atoms with Crippen molar-refractivity contribution in [1.29, 1.82) is 0 Å². The third-order valence-electron chi connectivity index (χ3n) is 4.78. The van der Waals surface area contributed by atoms with Crippen LogP contribution in [0.3, 0.4) is 0 Å². The van der Waals surface area contributed by atoms with E-state index in [2.05, 4.69) is 20.6 Å². The molecule has 5 rings (SSSR count). The van der Waals surface area contributed by atoms with E-state index in [4.69, 9.17) is 11.6 Å². The van der Waals surface area contributed by atoms with Gasteiger partial charge >= 0.3 is 0 Å². The monoisotopic (exact) mass is 497 g/mol. The molecule has 0 saturated heterocycles. The molecule has 1 amide bonds.